The third-order valence-electron chi connectivity index (χ3n) is 5.38. The van der Waals surface area contributed by atoms with Crippen LogP contribution in [-0.2, 0) is 4.79 Å². The van der Waals surface area contributed by atoms with Crippen LogP contribution >= 0.6 is 0 Å². The number of hydrogen-bond acceptors (Lipinski definition) is 5. The van der Waals surface area contributed by atoms with Gasteiger partial charge in [0.05, 0.1) is 25.7 Å². The molecule has 1 aromatic heterocycles. The maximum absolute atomic E-state index is 14.4. The fourth-order valence-corrected chi connectivity index (χ4v) is 3.94. The fourth-order valence-electron chi connectivity index (χ4n) is 3.94. The predicted octanol–water partition coefficient (Wildman–Crippen LogP) is 1.59. The molecule has 1 N–H and O–H groups in total. The molecule has 1 aromatic carbocycles. The normalized spacial score (nSPS) is 22.1. The molecule has 2 aliphatic heterocycles. The first-order valence-corrected chi connectivity index (χ1v) is 9.09. The van der Waals surface area contributed by atoms with E-state index in [-0.39, 0.29) is 47.5 Å². The third kappa shape index (κ3) is 3.15. The van der Waals surface area contributed by atoms with Gasteiger partial charge in [-0.2, -0.15) is 0 Å². The fraction of sp³-hybridized carbons (Fsp3) is 0.421. The van der Waals surface area contributed by atoms with E-state index >= 15 is 0 Å². The van der Waals surface area contributed by atoms with Gasteiger partial charge in [0.1, 0.15) is 23.1 Å². The zero-order chi connectivity index (χ0) is 19.8. The Morgan fingerprint density at radius 2 is 2.00 bits per heavy atom. The van der Waals surface area contributed by atoms with Crippen molar-refractivity contribution in [3.63, 3.8) is 0 Å². The summed E-state index contributed by atoms with van der Waals surface area (Å²) in [5.41, 5.74) is -0.356. The Hall–Kier alpha value is -2.81. The lowest BCUT2D eigenvalue weighted by atomic mass is 9.97. The summed E-state index contributed by atoms with van der Waals surface area (Å²) in [4.78, 5) is 30.8. The van der Waals surface area contributed by atoms with Crippen LogP contribution in [0.25, 0.3) is 0 Å². The van der Waals surface area contributed by atoms with Gasteiger partial charge in [0.25, 0.3) is 5.56 Å². The van der Waals surface area contributed by atoms with Gasteiger partial charge in [0.15, 0.2) is 0 Å². The van der Waals surface area contributed by atoms with Crippen LogP contribution in [0.3, 0.4) is 0 Å². The molecule has 0 bridgehead atoms. The van der Waals surface area contributed by atoms with Crippen LogP contribution in [0.1, 0.15) is 30.4 Å². The summed E-state index contributed by atoms with van der Waals surface area (Å²) in [7, 11) is 1.32. The summed E-state index contributed by atoms with van der Waals surface area (Å²) in [6.45, 7) is 1.48. The highest BCUT2D eigenvalue weighted by molar-refractivity contribution is 5.96. The first kappa shape index (κ1) is 18.5. The Morgan fingerprint density at radius 3 is 2.64 bits per heavy atom. The van der Waals surface area contributed by atoms with Crippen molar-refractivity contribution in [3.8, 4) is 5.75 Å². The highest BCUT2D eigenvalue weighted by Gasteiger charge is 2.36. The lowest BCUT2D eigenvalue weighted by Crippen LogP contribution is -2.35. The lowest BCUT2D eigenvalue weighted by Gasteiger charge is -2.19. The maximum Gasteiger partial charge on any atom is 0.277 e. The Labute approximate surface area is 159 Å². The van der Waals surface area contributed by atoms with Crippen molar-refractivity contribution in [1.82, 2.24) is 14.9 Å². The quantitative estimate of drug-likeness (QED) is 0.858. The molecule has 4 rings (SSSR count). The van der Waals surface area contributed by atoms with E-state index < -0.39 is 17.6 Å². The largest absolute Gasteiger partial charge is 0.497 e. The Balaban J connectivity index is 1.65. The molecule has 0 spiro atoms. The summed E-state index contributed by atoms with van der Waals surface area (Å²) in [6.07, 6.45) is 3.51. The van der Waals surface area contributed by atoms with Crippen LogP contribution in [0, 0.1) is 11.6 Å². The lowest BCUT2D eigenvalue weighted by molar-refractivity contribution is -0.117. The van der Waals surface area contributed by atoms with Crippen LogP contribution in [0.2, 0.25) is 0 Å². The number of amides is 1. The minimum Gasteiger partial charge on any atom is -0.497 e. The molecule has 9 heteroatoms. The van der Waals surface area contributed by atoms with Crippen molar-refractivity contribution < 1.29 is 18.3 Å². The van der Waals surface area contributed by atoms with Gasteiger partial charge in [-0.15, -0.1) is 0 Å². The molecule has 0 saturated carbocycles. The maximum atomic E-state index is 14.4. The average molecular weight is 390 g/mol. The van der Waals surface area contributed by atoms with Crippen LogP contribution in [0.4, 0.5) is 14.5 Å². The van der Waals surface area contributed by atoms with E-state index in [4.69, 9.17) is 4.74 Å². The Morgan fingerprint density at radius 1 is 1.25 bits per heavy atom. The predicted molar refractivity (Wildman–Crippen MR) is 97.6 cm³/mol. The molecule has 3 heterocycles. The number of nitrogens with one attached hydrogen (secondary N) is 1. The monoisotopic (exact) mass is 390 g/mol. The van der Waals surface area contributed by atoms with Gasteiger partial charge in [0, 0.05) is 43.1 Å². The summed E-state index contributed by atoms with van der Waals surface area (Å²) in [5, 5.41) is 3.18. The summed E-state index contributed by atoms with van der Waals surface area (Å²) in [6, 6.07) is 2.16. The van der Waals surface area contributed by atoms with Gasteiger partial charge in [-0.1, -0.05) is 0 Å². The first-order chi connectivity index (χ1) is 13.5. The van der Waals surface area contributed by atoms with Gasteiger partial charge in [-0.25, -0.2) is 13.8 Å². The standard InChI is InChI=1S/C19H20F2N4O3/c1-28-13-5-14(20)18(15(21)6-13)11-4-17(26)24(9-11)16-8-23-10-25(19(16)27)12-2-3-22-7-12/h5-6,8,10-12,22H,2-4,7,9H2,1H3/t11-,12?/m0/s1. The van der Waals surface area contributed by atoms with E-state index in [9.17, 15) is 18.4 Å². The molecule has 2 fully saturated rings. The zero-order valence-corrected chi connectivity index (χ0v) is 15.3. The van der Waals surface area contributed by atoms with Crippen molar-refractivity contribution in [3.05, 3.63) is 52.2 Å². The smallest absolute Gasteiger partial charge is 0.277 e. The van der Waals surface area contributed by atoms with Crippen molar-refractivity contribution in [2.75, 3.05) is 31.6 Å². The molecular weight excluding hydrogens is 370 g/mol. The SMILES string of the molecule is COc1cc(F)c([C@H]2CC(=O)N(c3cncn(C4CCNC4)c3=O)C2)c(F)c1. The number of rotatable bonds is 4. The average Bonchev–Trinajstić information content (AvgIpc) is 3.31. The van der Waals surface area contributed by atoms with Gasteiger partial charge in [0.2, 0.25) is 5.91 Å². The number of methoxy groups -OCH3 is 1. The second-order valence-corrected chi connectivity index (χ2v) is 7.05. The van der Waals surface area contributed by atoms with Crippen LogP contribution in [-0.4, -0.2) is 42.2 Å². The van der Waals surface area contributed by atoms with Crippen molar-refractivity contribution in [2.45, 2.75) is 24.8 Å². The topological polar surface area (TPSA) is 76.5 Å². The Kier molecular flexibility index (Phi) is 4.84. The number of anilines is 1. The van der Waals surface area contributed by atoms with E-state index in [0.29, 0.717) is 6.54 Å². The minimum absolute atomic E-state index is 0.0167. The molecule has 0 radical (unpaired) electrons. The highest BCUT2D eigenvalue weighted by Crippen LogP contribution is 2.35. The molecule has 2 atom stereocenters. The molecule has 2 aromatic rings. The first-order valence-electron chi connectivity index (χ1n) is 9.09. The zero-order valence-electron chi connectivity index (χ0n) is 15.3. The second-order valence-electron chi connectivity index (χ2n) is 7.05. The van der Waals surface area contributed by atoms with E-state index in [2.05, 4.69) is 10.3 Å². The number of benzene rings is 1. The van der Waals surface area contributed by atoms with Gasteiger partial charge in [-0.05, 0) is 13.0 Å². The van der Waals surface area contributed by atoms with Crippen LogP contribution in [0.15, 0.2) is 29.5 Å². The number of ether oxygens (including phenoxy) is 1. The molecule has 1 unspecified atom stereocenters. The number of carbonyl (C=O) groups excluding carboxylic acids is 1. The molecule has 148 valence electrons. The van der Waals surface area contributed by atoms with Crippen molar-refractivity contribution in [2.24, 2.45) is 0 Å². The summed E-state index contributed by atoms with van der Waals surface area (Å²) in [5.74, 6) is -2.52. The van der Waals surface area contributed by atoms with E-state index in [1.807, 2.05) is 0 Å². The van der Waals surface area contributed by atoms with Gasteiger partial charge >= 0.3 is 0 Å². The minimum atomic E-state index is -0.767. The molecule has 28 heavy (non-hydrogen) atoms. The van der Waals surface area contributed by atoms with E-state index in [1.54, 1.807) is 0 Å². The number of nitrogens with zero attached hydrogens (tertiary/aromatic N) is 3. The highest BCUT2D eigenvalue weighted by atomic mass is 19.1. The number of carbonyl (C=O) groups is 1. The van der Waals surface area contributed by atoms with Gasteiger partial charge < -0.3 is 15.0 Å². The second kappa shape index (κ2) is 7.31. The molecule has 0 aliphatic carbocycles. The molecule has 2 aliphatic rings. The van der Waals surface area contributed by atoms with E-state index in [1.165, 1.54) is 29.1 Å². The van der Waals surface area contributed by atoms with Crippen molar-refractivity contribution >= 4 is 11.6 Å². The third-order valence-corrected chi connectivity index (χ3v) is 5.38. The molecule has 1 amide bonds. The molecule has 7 nitrogen and oxygen atoms in total. The van der Waals surface area contributed by atoms with Crippen LogP contribution in [0.5, 0.6) is 5.75 Å². The summed E-state index contributed by atoms with van der Waals surface area (Å²) < 4.78 is 35.2. The van der Waals surface area contributed by atoms with Crippen LogP contribution < -0.4 is 20.5 Å². The van der Waals surface area contributed by atoms with Crippen molar-refractivity contribution in [1.29, 1.82) is 0 Å². The summed E-state index contributed by atoms with van der Waals surface area (Å²) >= 11 is 0. The number of hydrogen-bond donors (Lipinski definition) is 1. The Bertz CT molecular complexity index is 949. The van der Waals surface area contributed by atoms with Gasteiger partial charge in [-0.3, -0.25) is 14.2 Å². The number of aromatic nitrogens is 2. The van der Waals surface area contributed by atoms with E-state index in [0.717, 1.165) is 25.1 Å². The molecule has 2 saturated heterocycles. The number of halogens is 2. The molecular formula is C19H20F2N4O3.